The van der Waals surface area contributed by atoms with Gasteiger partial charge >= 0.3 is 0 Å². The van der Waals surface area contributed by atoms with E-state index in [1.165, 1.54) is 6.42 Å². The highest BCUT2D eigenvalue weighted by atomic mass is 15.4. The summed E-state index contributed by atoms with van der Waals surface area (Å²) in [6.07, 6.45) is 5.87. The Morgan fingerprint density at radius 1 is 1.30 bits per heavy atom. The number of aromatic nitrogens is 5. The first-order chi connectivity index (χ1) is 9.76. The van der Waals surface area contributed by atoms with Gasteiger partial charge in [-0.2, -0.15) is 20.1 Å². The highest BCUT2D eigenvalue weighted by Crippen LogP contribution is 2.21. The molecule has 8 heteroatoms. The van der Waals surface area contributed by atoms with Crippen LogP contribution in [-0.4, -0.2) is 37.8 Å². The van der Waals surface area contributed by atoms with Crippen LogP contribution < -0.4 is 16.2 Å². The molecule has 3 heterocycles. The molecule has 1 atom stereocenters. The van der Waals surface area contributed by atoms with E-state index in [0.29, 0.717) is 23.8 Å². The van der Waals surface area contributed by atoms with Crippen LogP contribution in [0.15, 0.2) is 18.5 Å². The Kier molecular flexibility index (Phi) is 3.46. The molecule has 0 bridgehead atoms. The van der Waals surface area contributed by atoms with Crippen LogP contribution in [0.3, 0.4) is 0 Å². The zero-order valence-electron chi connectivity index (χ0n) is 11.4. The molecule has 0 spiro atoms. The summed E-state index contributed by atoms with van der Waals surface area (Å²) in [5, 5.41) is 4.14. The van der Waals surface area contributed by atoms with Gasteiger partial charge in [-0.1, -0.05) is 6.92 Å². The van der Waals surface area contributed by atoms with Crippen LogP contribution in [0.1, 0.15) is 19.8 Å². The number of nitrogen functional groups attached to an aromatic ring is 1. The standard InChI is InChI=1S/C12H18N8/c1-9-4-2-6-19(8-9)11-15-10(18-13)16-12(17-11)20-7-3-5-14-20/h3,5,7,9H,2,4,6,8,13H2,1H3,(H,15,16,17,18). The van der Waals surface area contributed by atoms with Crippen molar-refractivity contribution in [1.29, 1.82) is 0 Å². The van der Waals surface area contributed by atoms with Gasteiger partial charge in [0.05, 0.1) is 0 Å². The second-order valence-corrected chi connectivity index (χ2v) is 5.05. The number of piperidine rings is 1. The Bertz CT molecular complexity index is 567. The molecule has 2 aromatic rings. The molecule has 0 amide bonds. The van der Waals surface area contributed by atoms with E-state index in [9.17, 15) is 0 Å². The lowest BCUT2D eigenvalue weighted by molar-refractivity contribution is 0.441. The highest BCUT2D eigenvalue weighted by molar-refractivity contribution is 5.39. The van der Waals surface area contributed by atoms with Gasteiger partial charge in [0.15, 0.2) is 0 Å². The maximum atomic E-state index is 5.45. The van der Waals surface area contributed by atoms with Gasteiger partial charge in [-0.25, -0.2) is 10.5 Å². The molecular weight excluding hydrogens is 256 g/mol. The lowest BCUT2D eigenvalue weighted by atomic mass is 10.0. The number of hydrogen-bond acceptors (Lipinski definition) is 7. The topological polar surface area (TPSA) is 97.8 Å². The quantitative estimate of drug-likeness (QED) is 0.624. The zero-order chi connectivity index (χ0) is 13.9. The third-order valence-electron chi connectivity index (χ3n) is 3.39. The van der Waals surface area contributed by atoms with E-state index in [2.05, 4.69) is 37.3 Å². The number of anilines is 2. The molecule has 2 aromatic heterocycles. The van der Waals surface area contributed by atoms with Crippen LogP contribution in [-0.2, 0) is 0 Å². The maximum Gasteiger partial charge on any atom is 0.257 e. The Balaban J connectivity index is 1.96. The van der Waals surface area contributed by atoms with E-state index in [1.54, 1.807) is 17.1 Å². The summed E-state index contributed by atoms with van der Waals surface area (Å²) in [5.74, 6) is 7.54. The van der Waals surface area contributed by atoms with Crippen LogP contribution in [0, 0.1) is 5.92 Å². The van der Waals surface area contributed by atoms with Gasteiger partial charge in [0.1, 0.15) is 0 Å². The minimum absolute atomic E-state index is 0.346. The van der Waals surface area contributed by atoms with Gasteiger partial charge in [0.2, 0.25) is 11.9 Å². The largest absolute Gasteiger partial charge is 0.340 e. The average Bonchev–Trinajstić information content (AvgIpc) is 3.01. The third-order valence-corrected chi connectivity index (χ3v) is 3.39. The molecule has 3 rings (SSSR count). The normalized spacial score (nSPS) is 19.1. The molecule has 0 aromatic carbocycles. The molecule has 3 N–H and O–H groups in total. The Labute approximate surface area is 117 Å². The summed E-state index contributed by atoms with van der Waals surface area (Å²) in [4.78, 5) is 15.2. The second kappa shape index (κ2) is 5.41. The van der Waals surface area contributed by atoms with Crippen LogP contribution in [0.5, 0.6) is 0 Å². The first kappa shape index (κ1) is 12.8. The molecule has 1 saturated heterocycles. The van der Waals surface area contributed by atoms with Crippen molar-refractivity contribution in [2.75, 3.05) is 23.4 Å². The molecule has 8 nitrogen and oxygen atoms in total. The van der Waals surface area contributed by atoms with E-state index >= 15 is 0 Å². The molecular formula is C12H18N8. The van der Waals surface area contributed by atoms with Crippen molar-refractivity contribution in [1.82, 2.24) is 24.7 Å². The number of nitrogens with zero attached hydrogens (tertiary/aromatic N) is 6. The molecule has 106 valence electrons. The van der Waals surface area contributed by atoms with E-state index in [1.807, 2.05) is 6.07 Å². The summed E-state index contributed by atoms with van der Waals surface area (Å²) in [6.45, 7) is 4.15. The van der Waals surface area contributed by atoms with Gasteiger partial charge in [0, 0.05) is 25.5 Å². The van der Waals surface area contributed by atoms with Crippen molar-refractivity contribution >= 4 is 11.9 Å². The molecule has 1 unspecified atom stereocenters. The van der Waals surface area contributed by atoms with Crippen molar-refractivity contribution in [2.45, 2.75) is 19.8 Å². The third kappa shape index (κ3) is 2.55. The lowest BCUT2D eigenvalue weighted by Gasteiger charge is -2.31. The fraction of sp³-hybridized carbons (Fsp3) is 0.500. The van der Waals surface area contributed by atoms with E-state index in [4.69, 9.17) is 5.84 Å². The first-order valence-corrected chi connectivity index (χ1v) is 6.74. The summed E-state index contributed by atoms with van der Waals surface area (Å²) in [5.41, 5.74) is 2.49. The fourth-order valence-corrected chi connectivity index (χ4v) is 2.42. The molecule has 0 aliphatic carbocycles. The Hall–Kier alpha value is -2.22. The van der Waals surface area contributed by atoms with E-state index in [-0.39, 0.29) is 0 Å². The summed E-state index contributed by atoms with van der Waals surface area (Å²) < 4.78 is 1.60. The van der Waals surface area contributed by atoms with Gasteiger partial charge in [-0.05, 0) is 24.8 Å². The van der Waals surface area contributed by atoms with Gasteiger partial charge < -0.3 is 4.90 Å². The number of nitrogens with two attached hydrogens (primary N) is 1. The number of nitrogens with one attached hydrogen (secondary N) is 1. The van der Waals surface area contributed by atoms with Crippen LogP contribution in [0.25, 0.3) is 5.95 Å². The summed E-state index contributed by atoms with van der Waals surface area (Å²) >= 11 is 0. The number of rotatable bonds is 3. The molecule has 0 radical (unpaired) electrons. The van der Waals surface area contributed by atoms with Crippen molar-refractivity contribution in [3.8, 4) is 5.95 Å². The Morgan fingerprint density at radius 3 is 2.85 bits per heavy atom. The molecule has 0 saturated carbocycles. The van der Waals surface area contributed by atoms with E-state index < -0.39 is 0 Å². The van der Waals surface area contributed by atoms with Gasteiger partial charge in [-0.3, -0.25) is 5.43 Å². The van der Waals surface area contributed by atoms with E-state index in [0.717, 1.165) is 19.5 Å². The van der Waals surface area contributed by atoms with Gasteiger partial charge in [-0.15, -0.1) is 0 Å². The van der Waals surface area contributed by atoms with Crippen molar-refractivity contribution in [3.63, 3.8) is 0 Å². The van der Waals surface area contributed by atoms with Crippen LogP contribution in [0.2, 0.25) is 0 Å². The Morgan fingerprint density at radius 2 is 2.15 bits per heavy atom. The SMILES string of the molecule is CC1CCCN(c2nc(NN)nc(-n3cccn3)n2)C1. The summed E-state index contributed by atoms with van der Waals surface area (Å²) in [6, 6.07) is 1.82. The smallest absolute Gasteiger partial charge is 0.257 e. The molecule has 1 fully saturated rings. The molecule has 1 aliphatic rings. The van der Waals surface area contributed by atoms with Crippen LogP contribution >= 0.6 is 0 Å². The lowest BCUT2D eigenvalue weighted by Crippen LogP contribution is -2.36. The van der Waals surface area contributed by atoms with Gasteiger partial charge in [0.25, 0.3) is 5.95 Å². The van der Waals surface area contributed by atoms with Crippen molar-refractivity contribution < 1.29 is 0 Å². The maximum absolute atomic E-state index is 5.45. The molecule has 1 aliphatic heterocycles. The van der Waals surface area contributed by atoms with Crippen molar-refractivity contribution in [3.05, 3.63) is 18.5 Å². The fourth-order valence-electron chi connectivity index (χ4n) is 2.42. The van der Waals surface area contributed by atoms with Crippen LogP contribution in [0.4, 0.5) is 11.9 Å². The van der Waals surface area contributed by atoms with Crippen molar-refractivity contribution in [2.24, 2.45) is 11.8 Å². The predicted octanol–water partition coefficient (Wildman–Crippen LogP) is 0.579. The minimum atomic E-state index is 0.346. The molecule has 20 heavy (non-hydrogen) atoms. The monoisotopic (exact) mass is 274 g/mol. The average molecular weight is 274 g/mol. The zero-order valence-corrected chi connectivity index (χ0v) is 11.4. The highest BCUT2D eigenvalue weighted by Gasteiger charge is 2.20. The summed E-state index contributed by atoms with van der Waals surface area (Å²) in [7, 11) is 0. The second-order valence-electron chi connectivity index (χ2n) is 5.05. The number of hydrazine groups is 1. The predicted molar refractivity (Wildman–Crippen MR) is 75.4 cm³/mol. The first-order valence-electron chi connectivity index (χ1n) is 6.74. The number of hydrogen-bond donors (Lipinski definition) is 2. The minimum Gasteiger partial charge on any atom is -0.340 e.